The van der Waals surface area contributed by atoms with Crippen molar-refractivity contribution in [1.29, 1.82) is 0 Å². The molecule has 1 fully saturated rings. The van der Waals surface area contributed by atoms with Gasteiger partial charge in [-0.1, -0.05) is 35.9 Å². The highest BCUT2D eigenvalue weighted by atomic mass is 35.5. The summed E-state index contributed by atoms with van der Waals surface area (Å²) in [5.41, 5.74) is 3.54. The Hall–Kier alpha value is -2.69. The number of pyridine rings is 1. The molecule has 4 nitrogen and oxygen atoms in total. The van der Waals surface area contributed by atoms with Crippen LogP contribution in [0.5, 0.6) is 11.5 Å². The average Bonchev–Trinajstić information content (AvgIpc) is 2.74. The van der Waals surface area contributed by atoms with Crippen LogP contribution in [0.4, 0.5) is 0 Å². The number of ketones is 1. The zero-order valence-electron chi connectivity index (χ0n) is 20.6. The molecule has 34 heavy (non-hydrogen) atoms. The van der Waals surface area contributed by atoms with Crippen LogP contribution in [0, 0.1) is 12.8 Å². The van der Waals surface area contributed by atoms with Crippen molar-refractivity contribution in [3.8, 4) is 22.6 Å². The van der Waals surface area contributed by atoms with E-state index in [2.05, 4.69) is 38.0 Å². The van der Waals surface area contributed by atoms with Crippen LogP contribution in [-0.2, 0) is 0 Å². The number of rotatable bonds is 6. The van der Waals surface area contributed by atoms with Crippen molar-refractivity contribution >= 4 is 17.4 Å². The summed E-state index contributed by atoms with van der Waals surface area (Å²) in [4.78, 5) is 17.5. The molecule has 178 valence electrons. The Morgan fingerprint density at radius 2 is 1.68 bits per heavy atom. The van der Waals surface area contributed by atoms with Crippen LogP contribution in [0.3, 0.4) is 0 Å². The zero-order chi connectivity index (χ0) is 24.5. The molecule has 1 N–H and O–H groups in total. The van der Waals surface area contributed by atoms with Crippen LogP contribution in [-0.4, -0.2) is 21.8 Å². The molecule has 5 heteroatoms. The fraction of sp³-hybridized carbons (Fsp3) is 0.379. The van der Waals surface area contributed by atoms with Gasteiger partial charge in [0, 0.05) is 46.1 Å². The van der Waals surface area contributed by atoms with Gasteiger partial charge in [0.05, 0.1) is 5.02 Å². The Balaban J connectivity index is 1.52. The molecule has 1 aromatic heterocycles. The Morgan fingerprint density at radius 1 is 1.00 bits per heavy atom. The first-order chi connectivity index (χ1) is 16.0. The molecule has 2 aromatic carbocycles. The third kappa shape index (κ3) is 5.68. The van der Waals surface area contributed by atoms with Crippen LogP contribution in [0.1, 0.15) is 63.0 Å². The van der Waals surface area contributed by atoms with E-state index in [-0.39, 0.29) is 16.9 Å². The number of aromatic nitrogens is 1. The fourth-order valence-corrected chi connectivity index (χ4v) is 5.70. The molecule has 1 aliphatic rings. The Kier molecular flexibility index (Phi) is 6.84. The van der Waals surface area contributed by atoms with Crippen LogP contribution in [0.2, 0.25) is 5.02 Å². The molecular formula is C29H33ClN2O2. The highest BCUT2D eigenvalue weighted by molar-refractivity contribution is 6.32. The second-order valence-electron chi connectivity index (χ2n) is 10.7. The van der Waals surface area contributed by atoms with E-state index in [4.69, 9.17) is 16.3 Å². The number of para-hydroxylation sites is 1. The minimum atomic E-state index is 0.0159. The van der Waals surface area contributed by atoms with Gasteiger partial charge in [-0.15, -0.1) is 0 Å². The lowest BCUT2D eigenvalue weighted by Gasteiger charge is -2.46. The number of ether oxygens (including phenoxy) is 1. The van der Waals surface area contributed by atoms with Crippen LogP contribution in [0.15, 0.2) is 60.8 Å². The van der Waals surface area contributed by atoms with E-state index in [0.717, 1.165) is 29.7 Å². The summed E-state index contributed by atoms with van der Waals surface area (Å²) in [5, 5.41) is 4.11. The number of nitrogens with one attached hydrogen (secondary N) is 1. The van der Waals surface area contributed by atoms with Gasteiger partial charge in [0.1, 0.15) is 11.5 Å². The van der Waals surface area contributed by atoms with Gasteiger partial charge in [-0.2, -0.15) is 0 Å². The fourth-order valence-electron chi connectivity index (χ4n) is 5.48. The average molecular weight is 477 g/mol. The molecule has 0 saturated carbocycles. The molecule has 0 spiro atoms. The summed E-state index contributed by atoms with van der Waals surface area (Å²) in [7, 11) is 0. The van der Waals surface area contributed by atoms with Gasteiger partial charge in [-0.3, -0.25) is 9.78 Å². The standard InChI is InChI=1S/C29H33ClN2O2/c1-19-22(10-8-14-31-19)23-9-6-7-11-26(23)34-27-13-12-21(16-24(27)30)25(33)15-20-17-28(2,3)32-29(4,5)18-20/h6-14,16,20,32H,15,17-18H2,1-5H3. The van der Waals surface area contributed by atoms with Crippen molar-refractivity contribution in [2.24, 2.45) is 5.92 Å². The van der Waals surface area contributed by atoms with Gasteiger partial charge in [0.15, 0.2) is 5.78 Å². The molecule has 0 aliphatic carbocycles. The summed E-state index contributed by atoms with van der Waals surface area (Å²) in [6, 6.07) is 17.1. The second-order valence-corrected chi connectivity index (χ2v) is 11.1. The van der Waals surface area contributed by atoms with E-state index in [0.29, 0.717) is 34.4 Å². The van der Waals surface area contributed by atoms with Crippen LogP contribution in [0.25, 0.3) is 11.1 Å². The van der Waals surface area contributed by atoms with E-state index in [1.54, 1.807) is 18.3 Å². The van der Waals surface area contributed by atoms with Crippen molar-refractivity contribution in [1.82, 2.24) is 10.3 Å². The van der Waals surface area contributed by atoms with E-state index < -0.39 is 0 Å². The number of aryl methyl sites for hydroxylation is 1. The lowest BCUT2D eigenvalue weighted by Crippen LogP contribution is -2.57. The third-order valence-corrected chi connectivity index (χ3v) is 6.70. The van der Waals surface area contributed by atoms with Crippen LogP contribution < -0.4 is 10.1 Å². The molecule has 3 aromatic rings. The maximum absolute atomic E-state index is 13.1. The Bertz CT molecular complexity index is 1190. The number of carbonyl (C=O) groups is 1. The highest BCUT2D eigenvalue weighted by Crippen LogP contribution is 2.38. The Labute approximate surface area is 207 Å². The van der Waals surface area contributed by atoms with Crippen molar-refractivity contribution in [3.63, 3.8) is 0 Å². The summed E-state index contributed by atoms with van der Waals surface area (Å²) < 4.78 is 6.21. The van der Waals surface area contributed by atoms with Crippen molar-refractivity contribution in [2.45, 2.75) is 65.0 Å². The predicted molar refractivity (Wildman–Crippen MR) is 139 cm³/mol. The zero-order valence-corrected chi connectivity index (χ0v) is 21.4. The molecule has 2 heterocycles. The maximum Gasteiger partial charge on any atom is 0.163 e. The van der Waals surface area contributed by atoms with Gasteiger partial charge < -0.3 is 10.1 Å². The predicted octanol–water partition coefficient (Wildman–Crippen LogP) is 7.63. The monoisotopic (exact) mass is 476 g/mol. The van der Waals surface area contributed by atoms with Crippen molar-refractivity contribution < 1.29 is 9.53 Å². The first-order valence-electron chi connectivity index (χ1n) is 11.8. The topological polar surface area (TPSA) is 51.2 Å². The lowest BCUT2D eigenvalue weighted by molar-refractivity contribution is 0.0864. The molecule has 0 unspecified atom stereocenters. The Morgan fingerprint density at radius 3 is 2.35 bits per heavy atom. The number of hydrogen-bond donors (Lipinski definition) is 1. The van der Waals surface area contributed by atoms with Gasteiger partial charge in [-0.05, 0) is 83.7 Å². The van der Waals surface area contributed by atoms with E-state index in [1.165, 1.54) is 0 Å². The summed E-state index contributed by atoms with van der Waals surface area (Å²) in [5.74, 6) is 1.68. The first kappa shape index (κ1) is 24.4. The number of piperidine rings is 1. The van der Waals surface area contributed by atoms with Gasteiger partial charge >= 0.3 is 0 Å². The SMILES string of the molecule is Cc1ncccc1-c1ccccc1Oc1ccc(C(=O)CC2CC(C)(C)NC(C)(C)C2)cc1Cl. The maximum atomic E-state index is 13.1. The number of nitrogens with zero attached hydrogens (tertiary/aromatic N) is 1. The van der Waals surface area contributed by atoms with Gasteiger partial charge in [0.25, 0.3) is 0 Å². The molecule has 0 radical (unpaired) electrons. The molecule has 1 aliphatic heterocycles. The molecule has 1 saturated heterocycles. The van der Waals surface area contributed by atoms with E-state index >= 15 is 0 Å². The molecule has 0 amide bonds. The van der Waals surface area contributed by atoms with Gasteiger partial charge in [0.2, 0.25) is 0 Å². The summed E-state index contributed by atoms with van der Waals surface area (Å²) in [6.45, 7) is 10.8. The highest BCUT2D eigenvalue weighted by Gasteiger charge is 2.38. The van der Waals surface area contributed by atoms with Gasteiger partial charge in [-0.25, -0.2) is 0 Å². The molecule has 0 atom stereocenters. The number of halogens is 1. The summed E-state index contributed by atoms with van der Waals surface area (Å²) >= 11 is 6.59. The quantitative estimate of drug-likeness (QED) is 0.371. The van der Waals surface area contributed by atoms with Crippen LogP contribution >= 0.6 is 11.6 Å². The number of hydrogen-bond acceptors (Lipinski definition) is 4. The first-order valence-corrected chi connectivity index (χ1v) is 12.2. The minimum absolute atomic E-state index is 0.0159. The smallest absolute Gasteiger partial charge is 0.163 e. The molecular weight excluding hydrogens is 444 g/mol. The largest absolute Gasteiger partial charge is 0.455 e. The molecule has 0 bridgehead atoms. The number of carbonyl (C=O) groups excluding carboxylic acids is 1. The summed E-state index contributed by atoms with van der Waals surface area (Å²) in [6.07, 6.45) is 4.25. The van der Waals surface area contributed by atoms with Crippen molar-refractivity contribution in [2.75, 3.05) is 0 Å². The lowest BCUT2D eigenvalue weighted by atomic mass is 9.74. The minimum Gasteiger partial charge on any atom is -0.455 e. The van der Waals surface area contributed by atoms with E-state index in [1.807, 2.05) is 49.4 Å². The molecule has 4 rings (SSSR count). The number of benzene rings is 2. The third-order valence-electron chi connectivity index (χ3n) is 6.41. The number of Topliss-reactive ketones (excluding diaryl/α,β-unsaturated/α-hetero) is 1. The van der Waals surface area contributed by atoms with E-state index in [9.17, 15) is 4.79 Å². The second kappa shape index (κ2) is 9.52. The normalized spacial score (nSPS) is 17.4. The van der Waals surface area contributed by atoms with Crippen molar-refractivity contribution in [3.05, 3.63) is 77.1 Å².